The van der Waals surface area contributed by atoms with Crippen LogP contribution in [-0.4, -0.2) is 69.1 Å². The molecule has 1 aromatic rings. The fraction of sp³-hybridized carbons (Fsp3) is 0.529. The van der Waals surface area contributed by atoms with Gasteiger partial charge in [0.15, 0.2) is 11.5 Å². The summed E-state index contributed by atoms with van der Waals surface area (Å²) < 4.78 is 10.6. The molecule has 0 saturated carbocycles. The van der Waals surface area contributed by atoms with Gasteiger partial charge in [-0.05, 0) is 6.07 Å². The maximum absolute atomic E-state index is 12.5. The van der Waals surface area contributed by atoms with Crippen molar-refractivity contribution in [2.45, 2.75) is 12.5 Å². The zero-order valence-electron chi connectivity index (χ0n) is 15.0. The number of carbonyl (C=O) groups excluding carboxylic acids is 2. The molecule has 0 aromatic heterocycles. The second kappa shape index (κ2) is 8.96. The Morgan fingerprint density at radius 2 is 1.96 bits per heavy atom. The first-order chi connectivity index (χ1) is 12.0. The Morgan fingerprint density at radius 3 is 2.52 bits per heavy atom. The highest BCUT2D eigenvalue weighted by molar-refractivity contribution is 7.99. The summed E-state index contributed by atoms with van der Waals surface area (Å²) in [6, 6.07) is 3.36. The lowest BCUT2D eigenvalue weighted by Gasteiger charge is -2.23. The molecular formula is C17H25N3O4S. The molecule has 1 aliphatic heterocycles. The lowest BCUT2D eigenvalue weighted by Crippen LogP contribution is -2.40. The number of carbonyl (C=O) groups is 2. The fourth-order valence-electron chi connectivity index (χ4n) is 2.58. The van der Waals surface area contributed by atoms with Gasteiger partial charge in [-0.15, -0.1) is 0 Å². The van der Waals surface area contributed by atoms with E-state index in [1.807, 2.05) is 11.8 Å². The summed E-state index contributed by atoms with van der Waals surface area (Å²) in [6.07, 6.45) is 0.358. The topological polar surface area (TPSA) is 79.9 Å². The molecule has 0 spiro atoms. The number of methoxy groups -OCH3 is 2. The van der Waals surface area contributed by atoms with Gasteiger partial charge in [-0.2, -0.15) is 11.8 Å². The largest absolute Gasteiger partial charge is 0.493 e. The molecule has 1 fully saturated rings. The van der Waals surface area contributed by atoms with Gasteiger partial charge in [0.2, 0.25) is 5.91 Å². The van der Waals surface area contributed by atoms with Crippen LogP contribution >= 0.6 is 11.8 Å². The third-order valence-corrected chi connectivity index (χ3v) is 5.00. The summed E-state index contributed by atoms with van der Waals surface area (Å²) in [6.45, 7) is 0.906. The van der Waals surface area contributed by atoms with Crippen molar-refractivity contribution < 1.29 is 19.1 Å². The van der Waals surface area contributed by atoms with Crippen LogP contribution < -0.4 is 20.1 Å². The van der Waals surface area contributed by atoms with Gasteiger partial charge in [0.1, 0.15) is 0 Å². The van der Waals surface area contributed by atoms with Crippen LogP contribution in [0, 0.1) is 0 Å². The van der Waals surface area contributed by atoms with Crippen molar-refractivity contribution in [1.82, 2.24) is 10.2 Å². The Bertz CT molecular complexity index is 631. The molecule has 1 saturated heterocycles. The molecule has 1 aromatic carbocycles. The zero-order chi connectivity index (χ0) is 18.4. The molecule has 0 bridgehead atoms. The molecule has 2 N–H and O–H groups in total. The fourth-order valence-corrected chi connectivity index (χ4v) is 3.53. The van der Waals surface area contributed by atoms with Gasteiger partial charge in [-0.3, -0.25) is 9.59 Å². The minimum Gasteiger partial charge on any atom is -0.493 e. The Labute approximate surface area is 152 Å². The van der Waals surface area contributed by atoms with E-state index in [0.29, 0.717) is 29.2 Å². The molecule has 0 radical (unpaired) electrons. The number of hydrogen-bond donors (Lipinski definition) is 2. The summed E-state index contributed by atoms with van der Waals surface area (Å²) in [5.74, 6) is 2.51. The number of benzene rings is 1. The van der Waals surface area contributed by atoms with Crippen LogP contribution in [0.3, 0.4) is 0 Å². The van der Waals surface area contributed by atoms with E-state index < -0.39 is 0 Å². The van der Waals surface area contributed by atoms with E-state index in [-0.39, 0.29) is 17.9 Å². The van der Waals surface area contributed by atoms with E-state index in [1.165, 1.54) is 19.1 Å². The molecule has 8 heteroatoms. The number of amides is 2. The lowest BCUT2D eigenvalue weighted by molar-refractivity contribution is -0.116. The van der Waals surface area contributed by atoms with E-state index in [0.717, 1.165) is 18.1 Å². The predicted octanol–water partition coefficient (Wildman–Crippen LogP) is 1.44. The molecule has 7 nitrogen and oxygen atoms in total. The van der Waals surface area contributed by atoms with Gasteiger partial charge in [0.25, 0.3) is 5.91 Å². The normalized spacial score (nSPS) is 16.9. The highest BCUT2D eigenvalue weighted by Crippen LogP contribution is 2.34. The second-order valence-corrected chi connectivity index (χ2v) is 7.08. The van der Waals surface area contributed by atoms with Crippen LogP contribution in [0.4, 0.5) is 5.69 Å². The Morgan fingerprint density at radius 1 is 1.28 bits per heavy atom. The van der Waals surface area contributed by atoms with Gasteiger partial charge in [0, 0.05) is 50.7 Å². The van der Waals surface area contributed by atoms with E-state index in [1.54, 1.807) is 26.2 Å². The Balaban J connectivity index is 2.24. The summed E-state index contributed by atoms with van der Waals surface area (Å²) in [5, 5.41) is 6.18. The summed E-state index contributed by atoms with van der Waals surface area (Å²) in [7, 11) is 6.34. The molecule has 1 atom stereocenters. The number of nitrogens with one attached hydrogen (secondary N) is 2. The van der Waals surface area contributed by atoms with Crippen molar-refractivity contribution in [2.75, 3.05) is 51.7 Å². The lowest BCUT2D eigenvalue weighted by atomic mass is 10.1. The van der Waals surface area contributed by atoms with Crippen LogP contribution in [0.2, 0.25) is 0 Å². The minimum absolute atomic E-state index is 0.139. The highest BCUT2D eigenvalue weighted by Gasteiger charge is 2.22. The summed E-state index contributed by atoms with van der Waals surface area (Å²) in [5.41, 5.74) is 0.784. The SMILES string of the molecule is COc1cc(NC(=O)CC2CSCCN2)c(C(=O)N(C)C)cc1OC. The average Bonchev–Trinajstić information content (AvgIpc) is 2.61. The van der Waals surface area contributed by atoms with Crippen molar-refractivity contribution >= 4 is 29.3 Å². The van der Waals surface area contributed by atoms with E-state index in [2.05, 4.69) is 10.6 Å². The number of nitrogens with zero attached hydrogens (tertiary/aromatic N) is 1. The van der Waals surface area contributed by atoms with Crippen LogP contribution in [0.25, 0.3) is 0 Å². The standard InChI is InChI=1S/C17H25N3O4S/c1-20(2)17(22)12-8-14(23-3)15(24-4)9-13(12)19-16(21)7-11-10-25-6-5-18-11/h8-9,11,18H,5-7,10H2,1-4H3,(H,19,21). The molecular weight excluding hydrogens is 342 g/mol. The van der Waals surface area contributed by atoms with Crippen LogP contribution in [0.1, 0.15) is 16.8 Å². The molecule has 1 heterocycles. The Hall–Kier alpha value is -1.93. The minimum atomic E-state index is -0.220. The molecule has 2 rings (SSSR count). The van der Waals surface area contributed by atoms with E-state index in [9.17, 15) is 9.59 Å². The van der Waals surface area contributed by atoms with Crippen LogP contribution in [-0.2, 0) is 4.79 Å². The van der Waals surface area contributed by atoms with E-state index in [4.69, 9.17) is 9.47 Å². The average molecular weight is 367 g/mol. The summed E-state index contributed by atoms with van der Waals surface area (Å²) in [4.78, 5) is 26.3. The van der Waals surface area contributed by atoms with Gasteiger partial charge in [0.05, 0.1) is 25.5 Å². The maximum Gasteiger partial charge on any atom is 0.255 e. The first-order valence-electron chi connectivity index (χ1n) is 8.05. The maximum atomic E-state index is 12.5. The van der Waals surface area contributed by atoms with Gasteiger partial charge in [-0.1, -0.05) is 0 Å². The van der Waals surface area contributed by atoms with Gasteiger partial charge >= 0.3 is 0 Å². The zero-order valence-corrected chi connectivity index (χ0v) is 15.9. The third kappa shape index (κ3) is 5.02. The molecule has 25 heavy (non-hydrogen) atoms. The van der Waals surface area contributed by atoms with Crippen LogP contribution in [0.15, 0.2) is 12.1 Å². The van der Waals surface area contributed by atoms with Crippen molar-refractivity contribution in [3.8, 4) is 11.5 Å². The third-order valence-electron chi connectivity index (χ3n) is 3.86. The van der Waals surface area contributed by atoms with Crippen molar-refractivity contribution in [2.24, 2.45) is 0 Å². The molecule has 2 amide bonds. The first-order valence-corrected chi connectivity index (χ1v) is 9.20. The van der Waals surface area contributed by atoms with Gasteiger partial charge in [-0.25, -0.2) is 0 Å². The number of ether oxygens (including phenoxy) is 2. The quantitative estimate of drug-likeness (QED) is 0.792. The molecule has 1 aliphatic rings. The van der Waals surface area contributed by atoms with Crippen molar-refractivity contribution in [1.29, 1.82) is 0 Å². The number of hydrogen-bond acceptors (Lipinski definition) is 6. The van der Waals surface area contributed by atoms with Crippen molar-refractivity contribution in [3.63, 3.8) is 0 Å². The summed E-state index contributed by atoms with van der Waals surface area (Å²) >= 11 is 1.83. The predicted molar refractivity (Wildman–Crippen MR) is 99.9 cm³/mol. The monoisotopic (exact) mass is 367 g/mol. The number of thioether (sulfide) groups is 1. The Kier molecular flexibility index (Phi) is 6.95. The molecule has 138 valence electrons. The first kappa shape index (κ1) is 19.4. The second-order valence-electron chi connectivity index (χ2n) is 5.93. The van der Waals surface area contributed by atoms with Gasteiger partial charge < -0.3 is 25.0 Å². The molecule has 1 unspecified atom stereocenters. The van der Waals surface area contributed by atoms with Crippen molar-refractivity contribution in [3.05, 3.63) is 17.7 Å². The smallest absolute Gasteiger partial charge is 0.255 e. The van der Waals surface area contributed by atoms with Crippen LogP contribution in [0.5, 0.6) is 11.5 Å². The number of anilines is 1. The highest BCUT2D eigenvalue weighted by atomic mass is 32.2. The number of rotatable bonds is 6. The molecule has 0 aliphatic carbocycles. The van der Waals surface area contributed by atoms with E-state index >= 15 is 0 Å².